The molecule has 0 saturated heterocycles. The molecule has 0 heterocycles. The zero-order chi connectivity index (χ0) is 7.71. The number of rotatable bonds is 0. The maximum absolute atomic E-state index is 2.25. The van der Waals surface area contributed by atoms with Crippen LogP contribution in [0, 0.1) is 0 Å². The van der Waals surface area contributed by atoms with Crippen molar-refractivity contribution in [1.82, 2.24) is 0 Å². The second-order valence-corrected chi connectivity index (χ2v) is 7.04. The van der Waals surface area contributed by atoms with Crippen molar-refractivity contribution in [2.24, 2.45) is 0 Å². The van der Waals surface area contributed by atoms with Crippen LogP contribution in [0.4, 0.5) is 0 Å². The third-order valence-corrected chi connectivity index (χ3v) is 1.86. The molecule has 0 nitrogen and oxygen atoms in total. The van der Waals surface area contributed by atoms with Gasteiger partial charge in [0.25, 0.3) is 0 Å². The van der Waals surface area contributed by atoms with Crippen LogP contribution in [0.15, 0.2) is 0 Å². The first-order chi connectivity index (χ1) is 3.71. The molecule has 0 bridgehead atoms. The monoisotopic (exact) mass is 185 g/mol. The van der Waals surface area contributed by atoms with Crippen molar-refractivity contribution in [2.75, 3.05) is 0 Å². The summed E-state index contributed by atoms with van der Waals surface area (Å²) < 4.78 is 0.781. The van der Waals surface area contributed by atoms with E-state index in [1.807, 2.05) is 0 Å². The molecule has 0 rings (SSSR count). The normalized spacial score (nSPS) is 13.0. The van der Waals surface area contributed by atoms with Crippen LogP contribution in [0.5, 0.6) is 0 Å². The van der Waals surface area contributed by atoms with Gasteiger partial charge in [0, 0.05) is 0 Å². The first-order valence-corrected chi connectivity index (χ1v) is 4.24. The Bertz CT molecular complexity index is 74.4. The van der Waals surface area contributed by atoms with Crippen LogP contribution in [-0.4, -0.2) is 18.9 Å². The Morgan fingerprint density at radius 3 is 0.900 bits per heavy atom. The van der Waals surface area contributed by atoms with Crippen molar-refractivity contribution < 1.29 is 15.0 Å². The summed E-state index contributed by atoms with van der Waals surface area (Å²) in [6.45, 7) is 13.5. The summed E-state index contributed by atoms with van der Waals surface area (Å²) in [7, 11) is 0. The van der Waals surface area contributed by atoms with Gasteiger partial charge < -0.3 is 0 Å². The molecule has 0 aliphatic heterocycles. The predicted molar refractivity (Wildman–Crippen MR) is 46.6 cm³/mol. The summed E-state index contributed by atoms with van der Waals surface area (Å²) in [6, 6.07) is 0. The standard InChI is InChI=1S/2C4H9.Cu.Li.H/c2*1-4(2)3;;;/h2*1-3H3;;;. The van der Waals surface area contributed by atoms with E-state index >= 15 is 0 Å². The molecule has 0 aliphatic carbocycles. The van der Waals surface area contributed by atoms with Gasteiger partial charge >= 0.3 is 84.0 Å². The van der Waals surface area contributed by atoms with Crippen LogP contribution < -0.4 is 0 Å². The fourth-order valence-corrected chi connectivity index (χ4v) is 2.80. The summed E-state index contributed by atoms with van der Waals surface area (Å²) in [4.78, 5) is 0. The molecule has 0 aromatic rings. The first kappa shape index (κ1) is 13.7. The van der Waals surface area contributed by atoms with E-state index in [4.69, 9.17) is 0 Å². The third-order valence-electron chi connectivity index (χ3n) is 0.452. The molecule has 10 heavy (non-hydrogen) atoms. The van der Waals surface area contributed by atoms with E-state index in [1.54, 1.807) is 0 Å². The van der Waals surface area contributed by atoms with Crippen LogP contribution in [0.3, 0.4) is 0 Å². The molecule has 63 valence electrons. The zero-order valence-corrected chi connectivity index (χ0v) is 8.24. The van der Waals surface area contributed by atoms with Gasteiger partial charge in [0.15, 0.2) is 0 Å². The quantitative estimate of drug-likeness (QED) is 0.510. The summed E-state index contributed by atoms with van der Waals surface area (Å²) in [5, 5.41) is 0. The van der Waals surface area contributed by atoms with E-state index in [9.17, 15) is 0 Å². The molecule has 0 radical (unpaired) electrons. The second-order valence-electron chi connectivity index (χ2n) is 3.98. The van der Waals surface area contributed by atoms with Crippen LogP contribution in [-0.2, 0) is 15.0 Å². The molecule has 0 atom stereocenters. The SMILES string of the molecule is C[C](C)(C)[Cu][C](C)(C)C.[LiH]. The molecule has 0 aliphatic rings. The van der Waals surface area contributed by atoms with Crippen molar-refractivity contribution in [3.63, 3.8) is 0 Å². The second kappa shape index (κ2) is 4.22. The molecule has 0 amide bonds. The van der Waals surface area contributed by atoms with Gasteiger partial charge in [-0.1, -0.05) is 0 Å². The van der Waals surface area contributed by atoms with Crippen LogP contribution in [0.25, 0.3) is 0 Å². The first-order valence-electron chi connectivity index (χ1n) is 3.30. The molecule has 0 aromatic heterocycles. The molecular weight excluding hydrogens is 167 g/mol. The molecule has 0 unspecified atom stereocenters. The number of hydrogen-bond acceptors (Lipinski definition) is 0. The summed E-state index contributed by atoms with van der Waals surface area (Å²) in [5.74, 6) is 0. The van der Waals surface area contributed by atoms with Crippen molar-refractivity contribution in [2.45, 2.75) is 50.2 Å². The van der Waals surface area contributed by atoms with Crippen LogP contribution in [0.1, 0.15) is 41.5 Å². The van der Waals surface area contributed by atoms with Crippen LogP contribution >= 0.6 is 0 Å². The van der Waals surface area contributed by atoms with Gasteiger partial charge in [0.05, 0.1) is 0 Å². The summed E-state index contributed by atoms with van der Waals surface area (Å²) in [5.41, 5.74) is 0. The molecule has 0 fully saturated rings. The van der Waals surface area contributed by atoms with Crippen molar-refractivity contribution >= 4 is 18.9 Å². The van der Waals surface area contributed by atoms with Gasteiger partial charge in [-0.2, -0.15) is 0 Å². The van der Waals surface area contributed by atoms with Gasteiger partial charge in [-0.05, 0) is 0 Å². The number of hydrogen-bond donors (Lipinski definition) is 0. The van der Waals surface area contributed by atoms with E-state index in [0.717, 1.165) is 0 Å². The average Bonchev–Trinajstić information content (AvgIpc) is 1.14. The van der Waals surface area contributed by atoms with Gasteiger partial charge in [-0.3, -0.25) is 0 Å². The van der Waals surface area contributed by atoms with E-state index in [2.05, 4.69) is 56.5 Å². The maximum atomic E-state index is 2.25. The van der Waals surface area contributed by atoms with Gasteiger partial charge in [-0.25, -0.2) is 0 Å². The fourth-order valence-electron chi connectivity index (χ4n) is 0.678. The Hall–Kier alpha value is 1.12. The van der Waals surface area contributed by atoms with E-state index in [-0.39, 0.29) is 18.9 Å². The third kappa shape index (κ3) is 11.9. The zero-order valence-electron chi connectivity index (χ0n) is 7.30. The molecule has 0 N–H and O–H groups in total. The predicted octanol–water partition coefficient (Wildman–Crippen LogP) is 2.86. The Morgan fingerprint density at radius 2 is 0.900 bits per heavy atom. The molecule has 2 heteroatoms. The minimum absolute atomic E-state index is 0. The Balaban J connectivity index is 0. The van der Waals surface area contributed by atoms with Crippen molar-refractivity contribution in [3.8, 4) is 0 Å². The topological polar surface area (TPSA) is 0 Å². The Kier molecular flexibility index (Phi) is 5.78. The molecule has 0 saturated carbocycles. The Morgan fingerprint density at radius 1 is 0.700 bits per heavy atom. The van der Waals surface area contributed by atoms with Crippen molar-refractivity contribution in [1.29, 1.82) is 0 Å². The molecule has 0 aromatic carbocycles. The average molecular weight is 186 g/mol. The summed E-state index contributed by atoms with van der Waals surface area (Å²) in [6.07, 6.45) is 0. The summed E-state index contributed by atoms with van der Waals surface area (Å²) >= 11 is 2.10. The fraction of sp³-hybridized carbons (Fsp3) is 1.00. The van der Waals surface area contributed by atoms with Gasteiger partial charge in [-0.15, -0.1) is 0 Å². The van der Waals surface area contributed by atoms with Crippen LogP contribution in [0.2, 0.25) is 8.63 Å². The minimum atomic E-state index is 0. The Labute approximate surface area is 83.9 Å². The van der Waals surface area contributed by atoms with E-state index in [0.29, 0.717) is 8.63 Å². The molecule has 0 spiro atoms. The van der Waals surface area contributed by atoms with Crippen molar-refractivity contribution in [3.05, 3.63) is 0 Å². The van der Waals surface area contributed by atoms with Gasteiger partial charge in [0.1, 0.15) is 0 Å². The van der Waals surface area contributed by atoms with Gasteiger partial charge in [0.2, 0.25) is 0 Å². The molecular formula is C8H19CuLi. The van der Waals surface area contributed by atoms with E-state index in [1.165, 1.54) is 0 Å². The van der Waals surface area contributed by atoms with E-state index < -0.39 is 0 Å².